The average molecular weight is 374 g/mol. The summed E-state index contributed by atoms with van der Waals surface area (Å²) in [4.78, 5) is 13.2. The maximum absolute atomic E-state index is 12.6. The van der Waals surface area contributed by atoms with E-state index in [0.717, 1.165) is 22.1 Å². The fraction of sp³-hybridized carbons (Fsp3) is 0.211. The molecule has 1 saturated heterocycles. The summed E-state index contributed by atoms with van der Waals surface area (Å²) in [6.45, 7) is 1.36. The Morgan fingerprint density at radius 3 is 2.72 bits per heavy atom. The topological polar surface area (TPSA) is 47.6 Å². The van der Waals surface area contributed by atoms with Gasteiger partial charge in [0.15, 0.2) is 6.29 Å². The molecule has 3 aromatic rings. The number of hydrogen-bond acceptors (Lipinski definition) is 4. The molecule has 128 valence electrons. The van der Waals surface area contributed by atoms with E-state index in [1.807, 2.05) is 48.5 Å². The lowest BCUT2D eigenvalue weighted by atomic mass is 10.2. The zero-order chi connectivity index (χ0) is 17.2. The Kier molecular flexibility index (Phi) is 4.72. The van der Waals surface area contributed by atoms with E-state index in [-0.39, 0.29) is 12.2 Å². The number of halogens is 1. The largest absolute Gasteiger partial charge is 0.348 e. The fourth-order valence-electron chi connectivity index (χ4n) is 2.79. The number of fused-ring (bicyclic) bond motifs is 1. The maximum Gasteiger partial charge on any atom is 0.267 e. The van der Waals surface area contributed by atoms with Crippen molar-refractivity contribution in [1.29, 1.82) is 0 Å². The van der Waals surface area contributed by atoms with E-state index in [4.69, 9.17) is 21.1 Å². The highest BCUT2D eigenvalue weighted by atomic mass is 35.5. The summed E-state index contributed by atoms with van der Waals surface area (Å²) in [6, 6.07) is 15.2. The van der Waals surface area contributed by atoms with Crippen LogP contribution in [0.25, 0.3) is 10.1 Å². The predicted octanol–water partition coefficient (Wildman–Crippen LogP) is 5.24. The Balaban J connectivity index is 1.56. The molecule has 4 nitrogen and oxygen atoms in total. The molecule has 1 amide bonds. The average Bonchev–Trinajstić information content (AvgIpc) is 3.00. The van der Waals surface area contributed by atoms with Gasteiger partial charge >= 0.3 is 0 Å². The second-order valence-electron chi connectivity index (χ2n) is 5.75. The third kappa shape index (κ3) is 3.41. The van der Waals surface area contributed by atoms with Crippen LogP contribution < -0.4 is 5.32 Å². The van der Waals surface area contributed by atoms with Gasteiger partial charge in [0.25, 0.3) is 5.91 Å². The van der Waals surface area contributed by atoms with Gasteiger partial charge in [-0.15, -0.1) is 11.3 Å². The molecule has 1 fully saturated rings. The number of anilines is 1. The number of hydrogen-bond donors (Lipinski definition) is 1. The maximum atomic E-state index is 12.6. The molecule has 0 atom stereocenters. The number of thiophene rings is 1. The lowest BCUT2D eigenvalue weighted by molar-refractivity contribution is -0.183. The minimum atomic E-state index is -0.376. The summed E-state index contributed by atoms with van der Waals surface area (Å²) in [5.74, 6) is -0.214. The Bertz CT molecular complexity index is 918. The van der Waals surface area contributed by atoms with Crippen LogP contribution in [0.3, 0.4) is 0 Å². The first-order valence-corrected chi connectivity index (χ1v) is 9.23. The number of carbonyl (C=O) groups excluding carboxylic acids is 1. The van der Waals surface area contributed by atoms with Crippen LogP contribution in [0.15, 0.2) is 48.5 Å². The third-order valence-electron chi connectivity index (χ3n) is 3.98. The van der Waals surface area contributed by atoms with E-state index in [9.17, 15) is 4.79 Å². The van der Waals surface area contributed by atoms with Crippen molar-refractivity contribution in [2.75, 3.05) is 18.5 Å². The summed E-state index contributed by atoms with van der Waals surface area (Å²) in [5.41, 5.74) is 1.58. The van der Waals surface area contributed by atoms with Crippen molar-refractivity contribution in [2.24, 2.45) is 0 Å². The molecule has 0 saturated carbocycles. The first kappa shape index (κ1) is 16.5. The van der Waals surface area contributed by atoms with Gasteiger partial charge in [-0.25, -0.2) is 0 Å². The quantitative estimate of drug-likeness (QED) is 0.682. The summed E-state index contributed by atoms with van der Waals surface area (Å²) < 4.78 is 12.2. The molecule has 0 bridgehead atoms. The molecule has 0 aliphatic carbocycles. The zero-order valence-corrected chi connectivity index (χ0v) is 14.9. The SMILES string of the molecule is O=C(Nc1cccc(C2OCCCO2)c1)c1sc2ccccc2c1Cl. The molecule has 6 heteroatoms. The van der Waals surface area contributed by atoms with Gasteiger partial charge in [-0.1, -0.05) is 41.9 Å². The summed E-state index contributed by atoms with van der Waals surface area (Å²) in [6.07, 6.45) is 0.524. The molecule has 2 heterocycles. The Morgan fingerprint density at radius 1 is 1.12 bits per heavy atom. The van der Waals surface area contributed by atoms with Crippen molar-refractivity contribution in [3.05, 3.63) is 64.0 Å². The highest BCUT2D eigenvalue weighted by Crippen LogP contribution is 2.35. The number of amides is 1. The number of nitrogens with one attached hydrogen (secondary N) is 1. The lowest BCUT2D eigenvalue weighted by Crippen LogP contribution is -2.18. The van der Waals surface area contributed by atoms with E-state index in [0.29, 0.717) is 28.8 Å². The van der Waals surface area contributed by atoms with Crippen molar-refractivity contribution >= 4 is 44.6 Å². The predicted molar refractivity (Wildman–Crippen MR) is 100 cm³/mol. The fourth-order valence-corrected chi connectivity index (χ4v) is 4.20. The van der Waals surface area contributed by atoms with E-state index < -0.39 is 0 Å². The van der Waals surface area contributed by atoms with Crippen LogP contribution in [-0.4, -0.2) is 19.1 Å². The first-order chi connectivity index (χ1) is 12.2. The van der Waals surface area contributed by atoms with Gasteiger partial charge in [0.1, 0.15) is 4.88 Å². The number of rotatable bonds is 3. The van der Waals surface area contributed by atoms with Crippen molar-refractivity contribution < 1.29 is 14.3 Å². The van der Waals surface area contributed by atoms with Crippen molar-refractivity contribution in [1.82, 2.24) is 0 Å². The molecule has 0 spiro atoms. The highest BCUT2D eigenvalue weighted by molar-refractivity contribution is 7.21. The van der Waals surface area contributed by atoms with Crippen molar-refractivity contribution in [3.63, 3.8) is 0 Å². The minimum Gasteiger partial charge on any atom is -0.348 e. The van der Waals surface area contributed by atoms with E-state index >= 15 is 0 Å². The van der Waals surface area contributed by atoms with Crippen molar-refractivity contribution in [3.8, 4) is 0 Å². The first-order valence-electron chi connectivity index (χ1n) is 8.04. The van der Waals surface area contributed by atoms with E-state index in [1.165, 1.54) is 11.3 Å². The van der Waals surface area contributed by atoms with E-state index in [2.05, 4.69) is 5.32 Å². The molecule has 2 aromatic carbocycles. The molecular weight excluding hydrogens is 358 g/mol. The Morgan fingerprint density at radius 2 is 1.92 bits per heavy atom. The molecule has 0 radical (unpaired) electrons. The van der Waals surface area contributed by atoms with Crippen LogP contribution in [0.4, 0.5) is 5.69 Å². The normalized spacial score (nSPS) is 15.4. The molecule has 1 aliphatic rings. The summed E-state index contributed by atoms with van der Waals surface area (Å²) in [5, 5.41) is 4.31. The Labute approximate surface area is 154 Å². The Hall–Kier alpha value is -1.92. The van der Waals surface area contributed by atoms with Crippen LogP contribution >= 0.6 is 22.9 Å². The second-order valence-corrected chi connectivity index (χ2v) is 7.18. The highest BCUT2D eigenvalue weighted by Gasteiger charge is 2.19. The second kappa shape index (κ2) is 7.14. The number of ether oxygens (including phenoxy) is 2. The third-order valence-corrected chi connectivity index (χ3v) is 5.66. The van der Waals surface area contributed by atoms with Gasteiger partial charge in [-0.3, -0.25) is 4.79 Å². The molecule has 1 N–H and O–H groups in total. The monoisotopic (exact) mass is 373 g/mol. The number of benzene rings is 2. The van der Waals surface area contributed by atoms with Crippen LogP contribution in [0.5, 0.6) is 0 Å². The molecule has 4 rings (SSSR count). The van der Waals surface area contributed by atoms with Gasteiger partial charge in [0.2, 0.25) is 0 Å². The smallest absolute Gasteiger partial charge is 0.267 e. The molecule has 1 aliphatic heterocycles. The summed E-state index contributed by atoms with van der Waals surface area (Å²) in [7, 11) is 0. The number of carbonyl (C=O) groups is 1. The van der Waals surface area contributed by atoms with Crippen LogP contribution in [0.2, 0.25) is 5.02 Å². The van der Waals surface area contributed by atoms with Crippen LogP contribution in [-0.2, 0) is 9.47 Å². The van der Waals surface area contributed by atoms with Crippen LogP contribution in [0.1, 0.15) is 27.9 Å². The molecular formula is C19H16ClNO3S. The van der Waals surface area contributed by atoms with E-state index in [1.54, 1.807) is 0 Å². The molecule has 1 aromatic heterocycles. The minimum absolute atomic E-state index is 0.214. The van der Waals surface area contributed by atoms with Crippen LogP contribution in [0, 0.1) is 0 Å². The van der Waals surface area contributed by atoms with Gasteiger partial charge in [0, 0.05) is 21.3 Å². The molecule has 0 unspecified atom stereocenters. The van der Waals surface area contributed by atoms with Gasteiger partial charge in [0.05, 0.1) is 18.2 Å². The zero-order valence-electron chi connectivity index (χ0n) is 13.3. The van der Waals surface area contributed by atoms with Crippen molar-refractivity contribution in [2.45, 2.75) is 12.7 Å². The standard InChI is InChI=1S/C19H16ClNO3S/c20-16-14-7-1-2-8-15(14)25-17(16)18(22)21-13-6-3-5-12(11-13)19-23-9-4-10-24-19/h1-3,5-8,11,19H,4,9-10H2,(H,21,22). The molecule has 25 heavy (non-hydrogen) atoms. The van der Waals surface area contributed by atoms with Gasteiger partial charge in [-0.05, 0) is 24.6 Å². The summed E-state index contributed by atoms with van der Waals surface area (Å²) >= 11 is 7.77. The van der Waals surface area contributed by atoms with Gasteiger partial charge < -0.3 is 14.8 Å². The van der Waals surface area contributed by atoms with Gasteiger partial charge in [-0.2, -0.15) is 0 Å². The lowest BCUT2D eigenvalue weighted by Gasteiger charge is -2.23.